The molecule has 0 saturated heterocycles. The number of amides is 1. The Kier molecular flexibility index (Phi) is 5.04. The molecule has 4 nitrogen and oxygen atoms in total. The van der Waals surface area contributed by atoms with Crippen molar-refractivity contribution in [3.05, 3.63) is 58.5 Å². The molecule has 1 aromatic heterocycles. The SMILES string of the molecule is Cc1occc1CN(C)C(=O)CC(O)c1ccc(Cl)cc1. The molecule has 0 aliphatic carbocycles. The number of carbonyl (C=O) groups is 1. The molecule has 0 aliphatic rings. The van der Waals surface area contributed by atoms with E-state index in [0.29, 0.717) is 17.1 Å². The van der Waals surface area contributed by atoms with Crippen molar-refractivity contribution in [2.75, 3.05) is 7.05 Å². The van der Waals surface area contributed by atoms with Crippen molar-refractivity contribution in [2.45, 2.75) is 26.0 Å². The molecule has 0 radical (unpaired) electrons. The lowest BCUT2D eigenvalue weighted by molar-refractivity contribution is -0.132. The summed E-state index contributed by atoms with van der Waals surface area (Å²) in [5, 5.41) is 10.7. The molecule has 0 bridgehead atoms. The van der Waals surface area contributed by atoms with Crippen molar-refractivity contribution in [2.24, 2.45) is 0 Å². The zero-order valence-electron chi connectivity index (χ0n) is 12.0. The van der Waals surface area contributed by atoms with E-state index >= 15 is 0 Å². The van der Waals surface area contributed by atoms with E-state index in [0.717, 1.165) is 11.3 Å². The number of aliphatic hydroxyl groups excluding tert-OH is 1. The number of hydrogen-bond donors (Lipinski definition) is 1. The standard InChI is InChI=1S/C16H18ClNO3/c1-11-13(7-8-21-11)10-18(2)16(20)9-15(19)12-3-5-14(17)6-4-12/h3-8,15,19H,9-10H2,1-2H3. The summed E-state index contributed by atoms with van der Waals surface area (Å²) in [5.74, 6) is 0.672. The summed E-state index contributed by atoms with van der Waals surface area (Å²) in [6.45, 7) is 2.32. The van der Waals surface area contributed by atoms with Crippen LogP contribution in [0.3, 0.4) is 0 Å². The third kappa shape index (κ3) is 4.09. The minimum atomic E-state index is -0.831. The van der Waals surface area contributed by atoms with Crippen LogP contribution in [0.4, 0.5) is 0 Å². The lowest BCUT2D eigenvalue weighted by Crippen LogP contribution is -2.27. The first-order valence-electron chi connectivity index (χ1n) is 6.68. The second-order valence-electron chi connectivity index (χ2n) is 5.02. The van der Waals surface area contributed by atoms with Crippen molar-refractivity contribution in [1.29, 1.82) is 0 Å². The van der Waals surface area contributed by atoms with Crippen molar-refractivity contribution in [1.82, 2.24) is 4.90 Å². The molecule has 1 heterocycles. The quantitative estimate of drug-likeness (QED) is 0.922. The van der Waals surface area contributed by atoms with Crippen molar-refractivity contribution in [3.63, 3.8) is 0 Å². The van der Waals surface area contributed by atoms with Gasteiger partial charge in [0.05, 0.1) is 18.8 Å². The molecule has 5 heteroatoms. The van der Waals surface area contributed by atoms with Crippen LogP contribution in [0.2, 0.25) is 5.02 Å². The van der Waals surface area contributed by atoms with Crippen LogP contribution in [0, 0.1) is 6.92 Å². The van der Waals surface area contributed by atoms with Gasteiger partial charge in [-0.25, -0.2) is 0 Å². The number of furan rings is 1. The Morgan fingerprint density at radius 1 is 1.33 bits per heavy atom. The Hall–Kier alpha value is -1.78. The van der Waals surface area contributed by atoms with Crippen LogP contribution in [0.15, 0.2) is 41.0 Å². The fourth-order valence-electron chi connectivity index (χ4n) is 2.04. The highest BCUT2D eigenvalue weighted by Gasteiger charge is 2.17. The Bertz CT molecular complexity index is 606. The molecule has 21 heavy (non-hydrogen) atoms. The van der Waals surface area contributed by atoms with Crippen molar-refractivity contribution in [3.8, 4) is 0 Å². The maximum atomic E-state index is 12.1. The third-order valence-corrected chi connectivity index (χ3v) is 3.67. The Labute approximate surface area is 128 Å². The third-order valence-electron chi connectivity index (χ3n) is 3.42. The van der Waals surface area contributed by atoms with Crippen LogP contribution in [0.1, 0.15) is 29.4 Å². The van der Waals surface area contributed by atoms with E-state index in [1.165, 1.54) is 0 Å². The zero-order valence-corrected chi connectivity index (χ0v) is 12.8. The van der Waals surface area contributed by atoms with Crippen molar-refractivity contribution >= 4 is 17.5 Å². The summed E-state index contributed by atoms with van der Waals surface area (Å²) in [7, 11) is 1.71. The molecule has 0 fully saturated rings. The Morgan fingerprint density at radius 2 is 2.00 bits per heavy atom. The molecular weight excluding hydrogens is 290 g/mol. The first kappa shape index (κ1) is 15.6. The number of aryl methyl sites for hydroxylation is 1. The largest absolute Gasteiger partial charge is 0.469 e. The van der Waals surface area contributed by atoms with Gasteiger partial charge in [0.15, 0.2) is 0 Å². The van der Waals surface area contributed by atoms with Crippen LogP contribution in [-0.4, -0.2) is 23.0 Å². The molecule has 1 aromatic carbocycles. The number of rotatable bonds is 5. The second-order valence-corrected chi connectivity index (χ2v) is 5.46. The zero-order chi connectivity index (χ0) is 15.4. The first-order chi connectivity index (χ1) is 9.97. The molecular formula is C16H18ClNO3. The van der Waals surface area contributed by atoms with Crippen LogP contribution >= 0.6 is 11.6 Å². The smallest absolute Gasteiger partial charge is 0.225 e. The van der Waals surface area contributed by atoms with E-state index in [2.05, 4.69) is 0 Å². The molecule has 1 amide bonds. The van der Waals surface area contributed by atoms with E-state index in [-0.39, 0.29) is 12.3 Å². The van der Waals surface area contributed by atoms with E-state index in [1.807, 2.05) is 13.0 Å². The van der Waals surface area contributed by atoms with Gasteiger partial charge in [-0.3, -0.25) is 4.79 Å². The highest BCUT2D eigenvalue weighted by molar-refractivity contribution is 6.30. The van der Waals surface area contributed by atoms with Gasteiger partial charge in [0.25, 0.3) is 0 Å². The van der Waals surface area contributed by atoms with Gasteiger partial charge in [-0.2, -0.15) is 0 Å². The van der Waals surface area contributed by atoms with Crippen LogP contribution in [0.5, 0.6) is 0 Å². The fourth-order valence-corrected chi connectivity index (χ4v) is 2.17. The van der Waals surface area contributed by atoms with Crippen molar-refractivity contribution < 1.29 is 14.3 Å². The summed E-state index contributed by atoms with van der Waals surface area (Å²) < 4.78 is 5.21. The van der Waals surface area contributed by atoms with Gasteiger partial charge in [-0.05, 0) is 30.7 Å². The maximum absolute atomic E-state index is 12.1. The molecule has 0 aliphatic heterocycles. The number of carbonyl (C=O) groups excluding carboxylic acids is 1. The molecule has 112 valence electrons. The molecule has 1 unspecified atom stereocenters. The Balaban J connectivity index is 1.94. The lowest BCUT2D eigenvalue weighted by atomic mass is 10.1. The topological polar surface area (TPSA) is 53.7 Å². The molecule has 2 rings (SSSR count). The summed E-state index contributed by atoms with van der Waals surface area (Å²) >= 11 is 5.80. The van der Waals surface area contributed by atoms with Gasteiger partial charge in [0, 0.05) is 24.2 Å². The first-order valence-corrected chi connectivity index (χ1v) is 7.05. The van der Waals surface area contributed by atoms with Crippen LogP contribution in [-0.2, 0) is 11.3 Å². The van der Waals surface area contributed by atoms with Crippen LogP contribution in [0.25, 0.3) is 0 Å². The summed E-state index contributed by atoms with van der Waals surface area (Å²) in [4.78, 5) is 13.7. The number of hydrogen-bond acceptors (Lipinski definition) is 3. The van der Waals surface area contributed by atoms with E-state index in [4.69, 9.17) is 16.0 Å². The number of aliphatic hydroxyl groups is 1. The number of benzene rings is 1. The van der Waals surface area contributed by atoms with Gasteiger partial charge in [0.2, 0.25) is 5.91 Å². The summed E-state index contributed by atoms with van der Waals surface area (Å²) in [6.07, 6.45) is 0.809. The molecule has 0 spiro atoms. The average Bonchev–Trinajstić information content (AvgIpc) is 2.84. The highest BCUT2D eigenvalue weighted by atomic mass is 35.5. The fraction of sp³-hybridized carbons (Fsp3) is 0.312. The lowest BCUT2D eigenvalue weighted by Gasteiger charge is -2.19. The number of halogens is 1. The van der Waals surface area contributed by atoms with Gasteiger partial charge < -0.3 is 14.4 Å². The van der Waals surface area contributed by atoms with Gasteiger partial charge in [-0.1, -0.05) is 23.7 Å². The summed E-state index contributed by atoms with van der Waals surface area (Å²) in [6, 6.07) is 8.68. The molecule has 1 N–H and O–H groups in total. The average molecular weight is 308 g/mol. The van der Waals surface area contributed by atoms with Gasteiger partial charge in [0.1, 0.15) is 5.76 Å². The Morgan fingerprint density at radius 3 is 2.57 bits per heavy atom. The molecule has 0 saturated carbocycles. The van der Waals surface area contributed by atoms with E-state index in [9.17, 15) is 9.90 Å². The summed E-state index contributed by atoms with van der Waals surface area (Å²) in [5.41, 5.74) is 1.65. The molecule has 2 aromatic rings. The normalized spacial score (nSPS) is 12.2. The maximum Gasteiger partial charge on any atom is 0.225 e. The van der Waals surface area contributed by atoms with E-state index < -0.39 is 6.10 Å². The second kappa shape index (κ2) is 6.78. The highest BCUT2D eigenvalue weighted by Crippen LogP contribution is 2.20. The predicted octanol–water partition coefficient (Wildman–Crippen LogP) is 3.32. The minimum Gasteiger partial charge on any atom is -0.469 e. The van der Waals surface area contributed by atoms with Gasteiger partial charge >= 0.3 is 0 Å². The predicted molar refractivity (Wildman–Crippen MR) is 80.9 cm³/mol. The minimum absolute atomic E-state index is 0.0367. The monoisotopic (exact) mass is 307 g/mol. The van der Waals surface area contributed by atoms with E-state index in [1.54, 1.807) is 42.5 Å². The van der Waals surface area contributed by atoms with Gasteiger partial charge in [-0.15, -0.1) is 0 Å². The molecule has 1 atom stereocenters. The van der Waals surface area contributed by atoms with Crippen LogP contribution < -0.4 is 0 Å². The number of nitrogens with zero attached hydrogens (tertiary/aromatic N) is 1.